The van der Waals surface area contributed by atoms with Crippen molar-refractivity contribution in [2.75, 3.05) is 73.3 Å². The first kappa shape index (κ1) is 30.0. The summed E-state index contributed by atoms with van der Waals surface area (Å²) in [6.07, 6.45) is 5.33. The zero-order valence-corrected chi connectivity index (χ0v) is 25.1. The van der Waals surface area contributed by atoms with E-state index in [0.29, 0.717) is 57.4 Å². The molecule has 2 aliphatic rings. The number of benzene rings is 1. The summed E-state index contributed by atoms with van der Waals surface area (Å²) in [4.78, 5) is 45.1. The van der Waals surface area contributed by atoms with Gasteiger partial charge in [0.15, 0.2) is 0 Å². The molecule has 5 rings (SSSR count). The Balaban J connectivity index is 1.21. The van der Waals surface area contributed by atoms with Gasteiger partial charge in [0.1, 0.15) is 5.82 Å². The zero-order chi connectivity index (χ0) is 30.3. The number of hydrogen-bond acceptors (Lipinski definition) is 9. The summed E-state index contributed by atoms with van der Waals surface area (Å²) in [6.45, 7) is 11.6. The van der Waals surface area contributed by atoms with Crippen LogP contribution >= 0.6 is 0 Å². The highest BCUT2D eigenvalue weighted by Crippen LogP contribution is 2.29. The van der Waals surface area contributed by atoms with E-state index in [-0.39, 0.29) is 17.8 Å². The Morgan fingerprint density at radius 1 is 0.977 bits per heavy atom. The minimum Gasteiger partial charge on any atom is -0.378 e. The summed E-state index contributed by atoms with van der Waals surface area (Å²) >= 11 is 0. The normalized spacial score (nSPS) is 16.0. The first-order chi connectivity index (χ1) is 20.7. The number of nitrogens with one attached hydrogen (secondary N) is 1. The highest BCUT2D eigenvalue weighted by molar-refractivity contribution is 5.99. The van der Waals surface area contributed by atoms with E-state index in [4.69, 9.17) is 15.5 Å². The number of carbonyl (C=O) groups excluding carboxylic acids is 2. The van der Waals surface area contributed by atoms with Gasteiger partial charge < -0.3 is 30.5 Å². The lowest BCUT2D eigenvalue weighted by atomic mass is 10.1. The summed E-state index contributed by atoms with van der Waals surface area (Å²) < 4.78 is 5.54. The number of morpholine rings is 1. The van der Waals surface area contributed by atoms with E-state index in [2.05, 4.69) is 51.1 Å². The fourth-order valence-corrected chi connectivity index (χ4v) is 5.02. The van der Waals surface area contributed by atoms with Crippen molar-refractivity contribution in [2.24, 2.45) is 5.92 Å². The van der Waals surface area contributed by atoms with E-state index in [0.717, 1.165) is 47.0 Å². The molecule has 0 bridgehead atoms. The quantitative estimate of drug-likeness (QED) is 0.383. The second-order valence-corrected chi connectivity index (χ2v) is 11.3. The Hall–Kier alpha value is -4.51. The lowest BCUT2D eigenvalue weighted by molar-refractivity contribution is -0.130. The zero-order valence-electron chi connectivity index (χ0n) is 25.1. The topological polar surface area (TPSA) is 130 Å². The maximum atomic E-state index is 13.2. The van der Waals surface area contributed by atoms with Crippen LogP contribution in [0.15, 0.2) is 60.4 Å². The van der Waals surface area contributed by atoms with Crippen LogP contribution in [0, 0.1) is 5.92 Å². The molecule has 0 radical (unpaired) electrons. The van der Waals surface area contributed by atoms with Gasteiger partial charge in [-0.05, 0) is 36.6 Å². The summed E-state index contributed by atoms with van der Waals surface area (Å²) in [5.41, 5.74) is 11.0. The number of ether oxygens (including phenoxy) is 1. The number of amides is 2. The largest absolute Gasteiger partial charge is 0.378 e. The standard InChI is InChI=1S/C32H40N8O3/c1-22(2)23(3)16-30(41)36-26-6-4-24(5-7-26)17-31(42)40-10-8-38(9-11-40)27-18-28(25-20-34-32(33)35-21-25)37-29(19-27)39-12-14-43-15-13-39/h4-7,16,18-22H,8-15,17H2,1-3H3,(H,36,41)(H2,33,34,35)/b23-16-. The van der Waals surface area contributed by atoms with E-state index in [1.165, 1.54) is 0 Å². The van der Waals surface area contributed by atoms with Gasteiger partial charge in [-0.3, -0.25) is 9.59 Å². The fraction of sp³-hybridized carbons (Fsp3) is 0.406. The van der Waals surface area contributed by atoms with Crippen LogP contribution in [-0.4, -0.2) is 84.1 Å². The molecule has 4 heterocycles. The van der Waals surface area contributed by atoms with Gasteiger partial charge in [-0.25, -0.2) is 15.0 Å². The maximum absolute atomic E-state index is 13.2. The molecule has 11 heteroatoms. The highest BCUT2D eigenvalue weighted by atomic mass is 16.5. The Morgan fingerprint density at radius 3 is 2.30 bits per heavy atom. The van der Waals surface area contributed by atoms with Crippen LogP contribution in [0.2, 0.25) is 0 Å². The van der Waals surface area contributed by atoms with Crippen LogP contribution in [0.4, 0.5) is 23.1 Å². The predicted octanol–water partition coefficient (Wildman–Crippen LogP) is 3.39. The molecule has 11 nitrogen and oxygen atoms in total. The van der Waals surface area contributed by atoms with Crippen LogP contribution in [-0.2, 0) is 20.7 Å². The third-order valence-electron chi connectivity index (χ3n) is 7.94. The number of carbonyl (C=O) groups is 2. The molecule has 2 aliphatic heterocycles. The number of nitrogens with two attached hydrogens (primary N) is 1. The van der Waals surface area contributed by atoms with E-state index in [1.807, 2.05) is 36.1 Å². The molecular weight excluding hydrogens is 544 g/mol. The Labute approximate surface area is 252 Å². The molecule has 0 atom stereocenters. The van der Waals surface area contributed by atoms with Gasteiger partial charge in [0.25, 0.3) is 0 Å². The van der Waals surface area contributed by atoms with Crippen molar-refractivity contribution in [3.8, 4) is 11.3 Å². The average molecular weight is 585 g/mol. The molecular formula is C32H40N8O3. The summed E-state index contributed by atoms with van der Waals surface area (Å²) in [5, 5.41) is 2.89. The number of nitrogens with zero attached hydrogens (tertiary/aromatic N) is 6. The number of nitrogen functional groups attached to an aromatic ring is 1. The third kappa shape index (κ3) is 7.86. The molecule has 2 amide bonds. The van der Waals surface area contributed by atoms with Crippen molar-refractivity contribution in [3.05, 3.63) is 66.0 Å². The van der Waals surface area contributed by atoms with Crippen LogP contribution in [0.3, 0.4) is 0 Å². The number of rotatable bonds is 8. The first-order valence-corrected chi connectivity index (χ1v) is 14.8. The number of pyridine rings is 1. The minimum absolute atomic E-state index is 0.0929. The summed E-state index contributed by atoms with van der Waals surface area (Å²) in [6, 6.07) is 11.7. The minimum atomic E-state index is -0.145. The van der Waals surface area contributed by atoms with Crippen LogP contribution < -0.4 is 20.9 Å². The molecule has 2 saturated heterocycles. The van der Waals surface area contributed by atoms with Gasteiger partial charge in [0.2, 0.25) is 17.8 Å². The van der Waals surface area contributed by atoms with Crippen LogP contribution in [0.5, 0.6) is 0 Å². The fourth-order valence-electron chi connectivity index (χ4n) is 5.02. The maximum Gasteiger partial charge on any atom is 0.248 e. The van der Waals surface area contributed by atoms with Gasteiger partial charge in [-0.15, -0.1) is 0 Å². The molecule has 43 heavy (non-hydrogen) atoms. The van der Waals surface area contributed by atoms with Gasteiger partial charge >= 0.3 is 0 Å². The molecule has 0 saturated carbocycles. The molecule has 1 aromatic carbocycles. The van der Waals surface area contributed by atoms with E-state index in [1.54, 1.807) is 18.5 Å². The average Bonchev–Trinajstić information content (AvgIpc) is 3.02. The van der Waals surface area contributed by atoms with Crippen molar-refractivity contribution < 1.29 is 14.3 Å². The summed E-state index contributed by atoms with van der Waals surface area (Å²) in [7, 11) is 0. The molecule has 2 fully saturated rings. The van der Waals surface area contributed by atoms with E-state index in [9.17, 15) is 9.59 Å². The molecule has 2 aromatic heterocycles. The van der Waals surface area contributed by atoms with Crippen LogP contribution in [0.1, 0.15) is 26.3 Å². The van der Waals surface area contributed by atoms with Crippen molar-refractivity contribution in [2.45, 2.75) is 27.2 Å². The van der Waals surface area contributed by atoms with Crippen molar-refractivity contribution in [1.29, 1.82) is 0 Å². The number of anilines is 4. The predicted molar refractivity (Wildman–Crippen MR) is 169 cm³/mol. The Morgan fingerprint density at radius 2 is 1.65 bits per heavy atom. The van der Waals surface area contributed by atoms with E-state index >= 15 is 0 Å². The van der Waals surface area contributed by atoms with Crippen molar-refractivity contribution in [3.63, 3.8) is 0 Å². The summed E-state index contributed by atoms with van der Waals surface area (Å²) in [5.74, 6) is 1.38. The highest BCUT2D eigenvalue weighted by Gasteiger charge is 2.24. The molecule has 0 aliphatic carbocycles. The van der Waals surface area contributed by atoms with Crippen molar-refractivity contribution >= 4 is 35.0 Å². The molecule has 0 spiro atoms. The SMILES string of the molecule is C/C(=C/C(=O)Nc1ccc(CC(=O)N2CCN(c3cc(-c4cnc(N)nc4)nc(N4CCOCC4)c3)CC2)cc1)C(C)C. The first-order valence-electron chi connectivity index (χ1n) is 14.8. The monoisotopic (exact) mass is 584 g/mol. The number of aromatic nitrogens is 3. The van der Waals surface area contributed by atoms with E-state index < -0.39 is 0 Å². The smallest absolute Gasteiger partial charge is 0.248 e. The number of hydrogen-bond donors (Lipinski definition) is 2. The van der Waals surface area contributed by atoms with Crippen molar-refractivity contribution in [1.82, 2.24) is 19.9 Å². The lowest BCUT2D eigenvalue weighted by Gasteiger charge is -2.37. The second kappa shape index (κ2) is 13.6. The molecule has 3 N–H and O–H groups in total. The molecule has 3 aromatic rings. The van der Waals surface area contributed by atoms with Crippen LogP contribution in [0.25, 0.3) is 11.3 Å². The Kier molecular flexibility index (Phi) is 9.51. The third-order valence-corrected chi connectivity index (χ3v) is 7.94. The van der Waals surface area contributed by atoms with Gasteiger partial charge in [-0.1, -0.05) is 31.6 Å². The Bertz CT molecular complexity index is 1440. The molecule has 0 unspecified atom stereocenters. The van der Waals surface area contributed by atoms with Gasteiger partial charge in [-0.2, -0.15) is 0 Å². The number of allylic oxidation sites excluding steroid dienone is 1. The molecule has 226 valence electrons. The van der Waals surface area contributed by atoms with Gasteiger partial charge in [0, 0.05) is 80.7 Å². The number of piperazine rings is 1. The second-order valence-electron chi connectivity index (χ2n) is 11.3. The van der Waals surface area contributed by atoms with Gasteiger partial charge in [0.05, 0.1) is 25.3 Å². The lowest BCUT2D eigenvalue weighted by Crippen LogP contribution is -2.49.